The minimum absolute atomic E-state index is 0.0112. The summed E-state index contributed by atoms with van der Waals surface area (Å²) >= 11 is 0. The van der Waals surface area contributed by atoms with Gasteiger partial charge in [-0.3, -0.25) is 0 Å². The SMILES string of the molecule is CCOC(=O)C(C)(COc1cc(C)ccc1F)NC. The lowest BCUT2D eigenvalue weighted by Crippen LogP contribution is -2.53. The monoisotopic (exact) mass is 269 g/mol. The fraction of sp³-hybridized carbons (Fsp3) is 0.500. The number of esters is 1. The van der Waals surface area contributed by atoms with E-state index in [0.717, 1.165) is 5.56 Å². The topological polar surface area (TPSA) is 47.6 Å². The first-order valence-electron chi connectivity index (χ1n) is 6.18. The number of aryl methyl sites for hydroxylation is 1. The van der Waals surface area contributed by atoms with Crippen LogP contribution in [0.3, 0.4) is 0 Å². The maximum atomic E-state index is 13.5. The van der Waals surface area contributed by atoms with Crippen molar-refractivity contribution in [1.82, 2.24) is 5.32 Å². The van der Waals surface area contributed by atoms with Crippen LogP contribution in [0.2, 0.25) is 0 Å². The van der Waals surface area contributed by atoms with Gasteiger partial charge >= 0.3 is 5.97 Å². The quantitative estimate of drug-likeness (QED) is 0.803. The Morgan fingerprint density at radius 2 is 2.16 bits per heavy atom. The van der Waals surface area contributed by atoms with Gasteiger partial charge in [-0.05, 0) is 45.5 Å². The van der Waals surface area contributed by atoms with Crippen LogP contribution < -0.4 is 10.1 Å². The number of carbonyl (C=O) groups is 1. The normalized spacial score (nSPS) is 13.7. The van der Waals surface area contributed by atoms with E-state index in [-0.39, 0.29) is 19.0 Å². The van der Waals surface area contributed by atoms with Crippen molar-refractivity contribution in [2.45, 2.75) is 26.3 Å². The molecule has 19 heavy (non-hydrogen) atoms. The molecular formula is C14H20FNO3. The van der Waals surface area contributed by atoms with E-state index >= 15 is 0 Å². The molecule has 0 aromatic heterocycles. The van der Waals surface area contributed by atoms with Crippen molar-refractivity contribution in [2.24, 2.45) is 0 Å². The van der Waals surface area contributed by atoms with E-state index in [1.54, 1.807) is 33.0 Å². The summed E-state index contributed by atoms with van der Waals surface area (Å²) in [5.41, 5.74) is -0.120. The Kier molecular flexibility index (Phi) is 5.30. The smallest absolute Gasteiger partial charge is 0.329 e. The molecule has 1 rings (SSSR count). The van der Waals surface area contributed by atoms with Gasteiger partial charge in [0.1, 0.15) is 12.1 Å². The lowest BCUT2D eigenvalue weighted by Gasteiger charge is -2.26. The van der Waals surface area contributed by atoms with Crippen molar-refractivity contribution in [3.8, 4) is 5.75 Å². The molecule has 1 aromatic carbocycles. The van der Waals surface area contributed by atoms with Crippen LogP contribution in [0, 0.1) is 12.7 Å². The summed E-state index contributed by atoms with van der Waals surface area (Å²) in [6.45, 7) is 5.50. The number of benzene rings is 1. The van der Waals surface area contributed by atoms with Gasteiger partial charge in [-0.2, -0.15) is 0 Å². The summed E-state index contributed by atoms with van der Waals surface area (Å²) in [5.74, 6) is -0.746. The molecule has 0 saturated heterocycles. The van der Waals surface area contributed by atoms with E-state index in [4.69, 9.17) is 9.47 Å². The fourth-order valence-electron chi connectivity index (χ4n) is 1.47. The number of hydrogen-bond donors (Lipinski definition) is 1. The zero-order valence-corrected chi connectivity index (χ0v) is 11.7. The average molecular weight is 269 g/mol. The van der Waals surface area contributed by atoms with Gasteiger partial charge < -0.3 is 14.8 Å². The van der Waals surface area contributed by atoms with Crippen molar-refractivity contribution in [1.29, 1.82) is 0 Å². The second-order valence-corrected chi connectivity index (χ2v) is 4.53. The Balaban J connectivity index is 2.77. The Labute approximate surface area is 112 Å². The van der Waals surface area contributed by atoms with E-state index < -0.39 is 17.3 Å². The summed E-state index contributed by atoms with van der Waals surface area (Å²) in [7, 11) is 1.63. The summed E-state index contributed by atoms with van der Waals surface area (Å²) in [4.78, 5) is 11.8. The number of ether oxygens (including phenoxy) is 2. The van der Waals surface area contributed by atoms with Crippen LogP contribution >= 0.6 is 0 Å². The third kappa shape index (κ3) is 3.92. The van der Waals surface area contributed by atoms with E-state index in [0.29, 0.717) is 0 Å². The maximum absolute atomic E-state index is 13.5. The molecule has 4 nitrogen and oxygen atoms in total. The van der Waals surface area contributed by atoms with E-state index in [9.17, 15) is 9.18 Å². The molecule has 0 heterocycles. The third-order valence-corrected chi connectivity index (χ3v) is 2.88. The maximum Gasteiger partial charge on any atom is 0.329 e. The van der Waals surface area contributed by atoms with Gasteiger partial charge in [0, 0.05) is 0 Å². The highest BCUT2D eigenvalue weighted by atomic mass is 19.1. The Morgan fingerprint density at radius 1 is 1.47 bits per heavy atom. The average Bonchev–Trinajstić information content (AvgIpc) is 2.39. The van der Waals surface area contributed by atoms with Gasteiger partial charge in [0.05, 0.1) is 6.61 Å². The molecule has 1 N–H and O–H groups in total. The second-order valence-electron chi connectivity index (χ2n) is 4.53. The molecule has 0 aliphatic rings. The standard InChI is InChI=1S/C14H20FNO3/c1-5-18-13(17)14(3,16-4)9-19-12-8-10(2)6-7-11(12)15/h6-8,16H,5,9H2,1-4H3. The molecule has 0 aliphatic heterocycles. The van der Waals surface area contributed by atoms with Gasteiger partial charge in [-0.25, -0.2) is 9.18 Å². The number of likely N-dealkylation sites (N-methyl/N-ethyl adjacent to an activating group) is 1. The minimum Gasteiger partial charge on any atom is -0.488 e. The lowest BCUT2D eigenvalue weighted by atomic mass is 10.1. The Bertz CT molecular complexity index is 450. The van der Waals surface area contributed by atoms with E-state index in [1.807, 2.05) is 6.92 Å². The van der Waals surface area contributed by atoms with Crippen LogP contribution in [-0.4, -0.2) is 31.8 Å². The van der Waals surface area contributed by atoms with Gasteiger partial charge in [-0.1, -0.05) is 6.07 Å². The van der Waals surface area contributed by atoms with Crippen LogP contribution in [0.1, 0.15) is 19.4 Å². The van der Waals surface area contributed by atoms with Crippen molar-refractivity contribution < 1.29 is 18.7 Å². The Hall–Kier alpha value is -1.62. The molecule has 106 valence electrons. The highest BCUT2D eigenvalue weighted by molar-refractivity contribution is 5.80. The molecule has 1 unspecified atom stereocenters. The Morgan fingerprint density at radius 3 is 2.74 bits per heavy atom. The molecule has 0 bridgehead atoms. The lowest BCUT2D eigenvalue weighted by molar-refractivity contribution is -0.151. The minimum atomic E-state index is -1.01. The predicted octanol–water partition coefficient (Wildman–Crippen LogP) is 2.05. The summed E-state index contributed by atoms with van der Waals surface area (Å²) in [5, 5.41) is 2.85. The van der Waals surface area contributed by atoms with Gasteiger partial charge in [0.25, 0.3) is 0 Å². The van der Waals surface area contributed by atoms with Gasteiger partial charge in [-0.15, -0.1) is 0 Å². The highest BCUT2D eigenvalue weighted by Gasteiger charge is 2.34. The van der Waals surface area contributed by atoms with Crippen molar-refractivity contribution in [3.05, 3.63) is 29.6 Å². The molecule has 0 radical (unpaired) electrons. The molecular weight excluding hydrogens is 249 g/mol. The summed E-state index contributed by atoms with van der Waals surface area (Å²) < 4.78 is 23.9. The second kappa shape index (κ2) is 6.52. The predicted molar refractivity (Wildman–Crippen MR) is 70.7 cm³/mol. The van der Waals surface area contributed by atoms with Crippen molar-refractivity contribution >= 4 is 5.97 Å². The van der Waals surface area contributed by atoms with Crippen molar-refractivity contribution in [3.63, 3.8) is 0 Å². The molecule has 1 atom stereocenters. The molecule has 0 amide bonds. The van der Waals surface area contributed by atoms with E-state index in [2.05, 4.69) is 5.32 Å². The molecule has 0 aliphatic carbocycles. The fourth-order valence-corrected chi connectivity index (χ4v) is 1.47. The number of halogens is 1. The first-order valence-corrected chi connectivity index (χ1v) is 6.18. The van der Waals surface area contributed by atoms with Gasteiger partial charge in [0.2, 0.25) is 0 Å². The first-order chi connectivity index (χ1) is 8.92. The highest BCUT2D eigenvalue weighted by Crippen LogP contribution is 2.20. The number of hydrogen-bond acceptors (Lipinski definition) is 4. The number of nitrogens with one attached hydrogen (secondary N) is 1. The summed E-state index contributed by atoms with van der Waals surface area (Å²) in [6, 6.07) is 4.59. The van der Waals surface area contributed by atoms with Crippen molar-refractivity contribution in [2.75, 3.05) is 20.3 Å². The van der Waals surface area contributed by atoms with Crippen LogP contribution in [0.15, 0.2) is 18.2 Å². The largest absolute Gasteiger partial charge is 0.488 e. The van der Waals surface area contributed by atoms with Crippen LogP contribution in [-0.2, 0) is 9.53 Å². The van der Waals surface area contributed by atoms with E-state index in [1.165, 1.54) is 6.07 Å². The molecule has 0 spiro atoms. The molecule has 0 fully saturated rings. The molecule has 5 heteroatoms. The van der Waals surface area contributed by atoms with Crippen LogP contribution in [0.5, 0.6) is 5.75 Å². The van der Waals surface area contributed by atoms with Crippen LogP contribution in [0.25, 0.3) is 0 Å². The third-order valence-electron chi connectivity index (χ3n) is 2.88. The number of rotatable bonds is 6. The molecule has 1 aromatic rings. The number of carbonyl (C=O) groups excluding carboxylic acids is 1. The summed E-state index contributed by atoms with van der Waals surface area (Å²) in [6.07, 6.45) is 0. The first kappa shape index (κ1) is 15.4. The zero-order valence-electron chi connectivity index (χ0n) is 11.7. The zero-order chi connectivity index (χ0) is 14.5. The molecule has 0 saturated carbocycles. The van der Waals surface area contributed by atoms with Crippen LogP contribution in [0.4, 0.5) is 4.39 Å². The van der Waals surface area contributed by atoms with Gasteiger partial charge in [0.15, 0.2) is 11.6 Å².